The molecular formula is C28H30N6O. The summed E-state index contributed by atoms with van der Waals surface area (Å²) in [4.78, 5) is 12.2. The van der Waals surface area contributed by atoms with Gasteiger partial charge in [0.1, 0.15) is 11.7 Å². The molecule has 4 aliphatic heterocycles. The van der Waals surface area contributed by atoms with Crippen molar-refractivity contribution in [2.75, 3.05) is 55.7 Å². The average molecular weight is 467 g/mol. The Bertz CT molecular complexity index is 1350. The molecule has 0 saturated carbocycles. The van der Waals surface area contributed by atoms with Crippen molar-refractivity contribution in [3.05, 3.63) is 65.4 Å². The van der Waals surface area contributed by atoms with Gasteiger partial charge in [-0.25, -0.2) is 0 Å². The van der Waals surface area contributed by atoms with E-state index in [1.54, 1.807) is 6.20 Å². The molecule has 7 nitrogen and oxygen atoms in total. The van der Waals surface area contributed by atoms with Crippen LogP contribution in [0.5, 0.6) is 0 Å². The molecule has 2 aromatic carbocycles. The van der Waals surface area contributed by atoms with Gasteiger partial charge in [0.15, 0.2) is 0 Å². The first-order chi connectivity index (χ1) is 17.1. The first-order valence-electron chi connectivity index (χ1n) is 12.7. The molecule has 178 valence electrons. The average Bonchev–Trinajstić information content (AvgIpc) is 3.25. The first kappa shape index (κ1) is 21.1. The molecule has 35 heavy (non-hydrogen) atoms. The van der Waals surface area contributed by atoms with Crippen molar-refractivity contribution in [3.63, 3.8) is 0 Å². The molecule has 3 fully saturated rings. The Morgan fingerprint density at radius 3 is 2.89 bits per heavy atom. The molecule has 0 radical (unpaired) electrons. The monoisotopic (exact) mass is 466 g/mol. The Morgan fingerprint density at radius 2 is 2.06 bits per heavy atom. The fourth-order valence-corrected chi connectivity index (χ4v) is 6.51. The largest absolute Gasteiger partial charge is 0.369 e. The second kappa shape index (κ2) is 7.92. The molecule has 0 amide bonds. The predicted octanol–water partition coefficient (Wildman–Crippen LogP) is 3.05. The van der Waals surface area contributed by atoms with Crippen LogP contribution < -0.4 is 15.1 Å². The van der Waals surface area contributed by atoms with Crippen LogP contribution in [0.4, 0.5) is 11.4 Å². The van der Waals surface area contributed by atoms with Crippen LogP contribution in [0, 0.1) is 11.3 Å². The maximum Gasteiger partial charge on any atom is 0.110 e. The number of anilines is 2. The van der Waals surface area contributed by atoms with Gasteiger partial charge in [0.25, 0.3) is 0 Å². The van der Waals surface area contributed by atoms with Gasteiger partial charge in [0, 0.05) is 74.8 Å². The summed E-state index contributed by atoms with van der Waals surface area (Å²) >= 11 is 0. The summed E-state index contributed by atoms with van der Waals surface area (Å²) in [5, 5.41) is 14.0. The van der Waals surface area contributed by atoms with Gasteiger partial charge in [0.2, 0.25) is 0 Å². The summed E-state index contributed by atoms with van der Waals surface area (Å²) < 4.78 is 6.10. The first-order valence-corrected chi connectivity index (χ1v) is 12.7. The molecular weight excluding hydrogens is 436 g/mol. The number of nitriles is 1. The molecule has 0 aliphatic carbocycles. The zero-order chi connectivity index (χ0) is 23.6. The van der Waals surface area contributed by atoms with Gasteiger partial charge < -0.3 is 19.9 Å². The number of hydrogen-bond acceptors (Lipinski definition) is 7. The van der Waals surface area contributed by atoms with Crippen LogP contribution in [-0.2, 0) is 11.3 Å². The van der Waals surface area contributed by atoms with Crippen molar-refractivity contribution in [2.45, 2.75) is 31.2 Å². The van der Waals surface area contributed by atoms with E-state index in [4.69, 9.17) is 4.74 Å². The number of pyridine rings is 1. The Hall–Kier alpha value is -3.18. The summed E-state index contributed by atoms with van der Waals surface area (Å²) in [7, 11) is 0. The minimum atomic E-state index is 0.00247. The predicted molar refractivity (Wildman–Crippen MR) is 137 cm³/mol. The van der Waals surface area contributed by atoms with Crippen LogP contribution in [0.1, 0.15) is 29.7 Å². The zero-order valence-corrected chi connectivity index (χ0v) is 20.1. The van der Waals surface area contributed by atoms with Crippen LogP contribution >= 0.6 is 0 Å². The van der Waals surface area contributed by atoms with Gasteiger partial charge in [-0.3, -0.25) is 9.88 Å². The van der Waals surface area contributed by atoms with Crippen LogP contribution in [0.2, 0.25) is 0 Å². The van der Waals surface area contributed by atoms with Crippen LogP contribution in [-0.4, -0.2) is 67.4 Å². The summed E-state index contributed by atoms with van der Waals surface area (Å²) in [5.41, 5.74) is 6.85. The van der Waals surface area contributed by atoms with Crippen molar-refractivity contribution in [1.82, 2.24) is 15.2 Å². The quantitative estimate of drug-likeness (QED) is 0.623. The van der Waals surface area contributed by atoms with E-state index in [9.17, 15) is 5.26 Å². The van der Waals surface area contributed by atoms with Gasteiger partial charge >= 0.3 is 0 Å². The van der Waals surface area contributed by atoms with Gasteiger partial charge in [0.05, 0.1) is 23.7 Å². The summed E-state index contributed by atoms with van der Waals surface area (Å²) in [6.07, 6.45) is 1.77. The standard InChI is InChI=1S/C28H30N6O/c1-19-13-33(25-7-4-20(12-29)27-24(25)3-2-8-31-27)15-26-23-6-5-22(11-21(23)14-34(19)26)32-9-10-35-28(18-32)16-30-17-28/h2-8,11,19,26,30H,9-10,13-18H2,1H3/t19-,26?/m1/s1. The number of aromatic nitrogens is 1. The molecule has 1 unspecified atom stereocenters. The van der Waals surface area contributed by atoms with E-state index in [-0.39, 0.29) is 5.60 Å². The molecule has 4 aliphatic rings. The van der Waals surface area contributed by atoms with Crippen LogP contribution in [0.3, 0.4) is 0 Å². The molecule has 5 heterocycles. The molecule has 3 aromatic rings. The number of ether oxygens (including phenoxy) is 1. The highest BCUT2D eigenvalue weighted by Crippen LogP contribution is 2.42. The van der Waals surface area contributed by atoms with Gasteiger partial charge in [-0.05, 0) is 54.4 Å². The van der Waals surface area contributed by atoms with Crippen molar-refractivity contribution in [1.29, 1.82) is 5.26 Å². The minimum absolute atomic E-state index is 0.00247. The van der Waals surface area contributed by atoms with Gasteiger partial charge in [-0.2, -0.15) is 5.26 Å². The molecule has 2 atom stereocenters. The molecule has 1 aromatic heterocycles. The smallest absolute Gasteiger partial charge is 0.110 e. The SMILES string of the molecule is C[C@@H]1CN(c2ccc(C#N)c3ncccc23)CC2c3ccc(N4CCOC5(CNC5)C4)cc3CN21. The molecule has 7 rings (SSSR count). The number of hydrogen-bond donors (Lipinski definition) is 1. The van der Waals surface area contributed by atoms with Crippen molar-refractivity contribution >= 4 is 22.3 Å². The van der Waals surface area contributed by atoms with E-state index in [1.807, 2.05) is 12.1 Å². The van der Waals surface area contributed by atoms with E-state index in [0.717, 1.165) is 63.3 Å². The second-order valence-corrected chi connectivity index (χ2v) is 10.5. The molecule has 7 heteroatoms. The van der Waals surface area contributed by atoms with E-state index in [2.05, 4.69) is 68.3 Å². The third-order valence-electron chi connectivity index (χ3n) is 8.40. The summed E-state index contributed by atoms with van der Waals surface area (Å²) in [5.74, 6) is 0. The van der Waals surface area contributed by atoms with Crippen molar-refractivity contribution < 1.29 is 4.74 Å². The highest BCUT2D eigenvalue weighted by Gasteiger charge is 2.43. The lowest BCUT2D eigenvalue weighted by Crippen LogP contribution is -2.69. The lowest BCUT2D eigenvalue weighted by Gasteiger charge is -2.49. The maximum absolute atomic E-state index is 9.55. The fourth-order valence-electron chi connectivity index (χ4n) is 6.51. The topological polar surface area (TPSA) is 67.7 Å². The Balaban J connectivity index is 1.19. The maximum atomic E-state index is 9.55. The number of piperazine rings is 1. The normalized spacial score (nSPS) is 25.3. The number of nitrogens with zero attached hydrogens (tertiary/aromatic N) is 5. The summed E-state index contributed by atoms with van der Waals surface area (Å²) in [6, 6.07) is 18.3. The van der Waals surface area contributed by atoms with Crippen molar-refractivity contribution in [2.24, 2.45) is 0 Å². The number of nitrogens with one attached hydrogen (secondary N) is 1. The van der Waals surface area contributed by atoms with E-state index in [1.165, 1.54) is 22.5 Å². The highest BCUT2D eigenvalue weighted by atomic mass is 16.5. The van der Waals surface area contributed by atoms with E-state index >= 15 is 0 Å². The minimum Gasteiger partial charge on any atom is -0.369 e. The van der Waals surface area contributed by atoms with Crippen LogP contribution in [0.15, 0.2) is 48.7 Å². The third-order valence-corrected chi connectivity index (χ3v) is 8.40. The number of fused-ring (bicyclic) bond motifs is 4. The lowest BCUT2D eigenvalue weighted by atomic mass is 9.94. The Kier molecular flexibility index (Phi) is 4.78. The molecule has 3 saturated heterocycles. The number of rotatable bonds is 2. The number of benzene rings is 2. The fraction of sp³-hybridized carbons (Fsp3) is 0.429. The Morgan fingerprint density at radius 1 is 1.14 bits per heavy atom. The highest BCUT2D eigenvalue weighted by molar-refractivity contribution is 5.95. The third kappa shape index (κ3) is 3.32. The van der Waals surface area contributed by atoms with Gasteiger partial charge in [-0.15, -0.1) is 0 Å². The van der Waals surface area contributed by atoms with Crippen LogP contribution in [0.25, 0.3) is 10.9 Å². The lowest BCUT2D eigenvalue weighted by molar-refractivity contribution is -0.0881. The summed E-state index contributed by atoms with van der Waals surface area (Å²) in [6.45, 7) is 9.89. The molecule has 1 spiro atoms. The molecule has 1 N–H and O–H groups in total. The van der Waals surface area contributed by atoms with Crippen molar-refractivity contribution in [3.8, 4) is 6.07 Å². The number of morpholine rings is 1. The Labute approximate surface area is 205 Å². The second-order valence-electron chi connectivity index (χ2n) is 10.5. The zero-order valence-electron chi connectivity index (χ0n) is 20.1. The molecule has 0 bridgehead atoms. The van der Waals surface area contributed by atoms with E-state index < -0.39 is 0 Å². The van der Waals surface area contributed by atoms with Gasteiger partial charge in [-0.1, -0.05) is 6.07 Å². The van der Waals surface area contributed by atoms with E-state index in [0.29, 0.717) is 17.6 Å².